The van der Waals surface area contributed by atoms with E-state index < -0.39 is 0 Å². The summed E-state index contributed by atoms with van der Waals surface area (Å²) < 4.78 is 13.1. The molecular weight excluding hydrogens is 446 g/mol. The van der Waals surface area contributed by atoms with Crippen molar-refractivity contribution in [3.05, 3.63) is 54.2 Å². The van der Waals surface area contributed by atoms with Gasteiger partial charge in [-0.2, -0.15) is 4.98 Å². The molecule has 0 spiro atoms. The van der Waals surface area contributed by atoms with Crippen molar-refractivity contribution in [2.45, 2.75) is 32.4 Å². The molecule has 0 radical (unpaired) electrons. The number of imidazole rings is 1. The number of rotatable bonds is 6. The van der Waals surface area contributed by atoms with E-state index >= 15 is 0 Å². The van der Waals surface area contributed by atoms with Crippen molar-refractivity contribution in [3.63, 3.8) is 0 Å². The normalized spacial score (nSPS) is 18.8. The number of aromatic nitrogens is 4. The van der Waals surface area contributed by atoms with Crippen LogP contribution in [-0.2, 0) is 4.79 Å². The average molecular weight is 478 g/mol. The summed E-state index contributed by atoms with van der Waals surface area (Å²) in [6.07, 6.45) is 5.58. The summed E-state index contributed by atoms with van der Waals surface area (Å²) in [7, 11) is 2.09. The first-order valence-electron chi connectivity index (χ1n) is 11.9. The molecule has 184 valence electrons. The predicted octanol–water partition coefficient (Wildman–Crippen LogP) is 2.13. The van der Waals surface area contributed by atoms with Crippen molar-refractivity contribution in [2.24, 2.45) is 0 Å². The standard InChI is InChI=1S/C25H31N7O3/c1-17-12-23(29-25(27-17)31-7-6-26-16-31)32-9-8-30(3)15-20(32)14-24(33)28-18(2)19-4-5-21-22(13-19)35-11-10-34-21/h4-7,12-13,16,18,20H,8-11,14-15H2,1-3H3,(H,28,33). The molecule has 0 bridgehead atoms. The Morgan fingerprint density at radius 3 is 2.80 bits per heavy atom. The molecule has 1 aromatic carbocycles. The molecule has 1 fully saturated rings. The lowest BCUT2D eigenvalue weighted by atomic mass is 10.1. The number of carbonyl (C=O) groups excluding carboxylic acids is 1. The van der Waals surface area contributed by atoms with Crippen LogP contribution in [0.1, 0.15) is 30.6 Å². The summed E-state index contributed by atoms with van der Waals surface area (Å²) in [6.45, 7) is 7.49. The van der Waals surface area contributed by atoms with Gasteiger partial charge in [0, 0.05) is 50.2 Å². The van der Waals surface area contributed by atoms with E-state index in [2.05, 4.69) is 32.1 Å². The first-order chi connectivity index (χ1) is 17.0. The van der Waals surface area contributed by atoms with Crippen LogP contribution in [0.2, 0.25) is 0 Å². The zero-order valence-corrected chi connectivity index (χ0v) is 20.3. The molecule has 0 aliphatic carbocycles. The topological polar surface area (TPSA) is 97.6 Å². The number of benzene rings is 1. The van der Waals surface area contributed by atoms with Crippen molar-refractivity contribution < 1.29 is 14.3 Å². The van der Waals surface area contributed by atoms with E-state index in [1.54, 1.807) is 17.1 Å². The van der Waals surface area contributed by atoms with Crippen LogP contribution in [0.25, 0.3) is 5.95 Å². The first kappa shape index (κ1) is 23.1. The molecule has 35 heavy (non-hydrogen) atoms. The van der Waals surface area contributed by atoms with Gasteiger partial charge in [0.2, 0.25) is 11.9 Å². The fourth-order valence-electron chi connectivity index (χ4n) is 4.59. The number of hydrogen-bond acceptors (Lipinski definition) is 8. The lowest BCUT2D eigenvalue weighted by Crippen LogP contribution is -2.54. The monoisotopic (exact) mass is 477 g/mol. The molecule has 2 unspecified atom stereocenters. The number of hydrogen-bond donors (Lipinski definition) is 1. The van der Waals surface area contributed by atoms with Crippen LogP contribution in [0.3, 0.4) is 0 Å². The van der Waals surface area contributed by atoms with Gasteiger partial charge in [0.25, 0.3) is 0 Å². The highest BCUT2D eigenvalue weighted by atomic mass is 16.6. The van der Waals surface area contributed by atoms with Crippen molar-refractivity contribution in [3.8, 4) is 17.4 Å². The average Bonchev–Trinajstić information content (AvgIpc) is 3.38. The van der Waals surface area contributed by atoms with E-state index in [1.807, 2.05) is 44.3 Å². The second kappa shape index (κ2) is 9.91. The van der Waals surface area contributed by atoms with Gasteiger partial charge in [-0.1, -0.05) is 6.07 Å². The molecule has 0 saturated carbocycles. The minimum atomic E-state index is -0.151. The minimum absolute atomic E-state index is 0.00157. The molecule has 2 aliphatic rings. The second-order valence-corrected chi connectivity index (χ2v) is 9.14. The van der Waals surface area contributed by atoms with Gasteiger partial charge in [0.1, 0.15) is 25.4 Å². The maximum absolute atomic E-state index is 13.1. The number of nitrogens with zero attached hydrogens (tertiary/aromatic N) is 6. The lowest BCUT2D eigenvalue weighted by Gasteiger charge is -2.40. The van der Waals surface area contributed by atoms with Gasteiger partial charge in [-0.25, -0.2) is 9.97 Å². The number of nitrogens with one attached hydrogen (secondary N) is 1. The predicted molar refractivity (Wildman–Crippen MR) is 131 cm³/mol. The highest BCUT2D eigenvalue weighted by Gasteiger charge is 2.29. The molecule has 1 N–H and O–H groups in total. The number of likely N-dealkylation sites (N-methyl/N-ethyl adjacent to an activating group) is 1. The van der Waals surface area contributed by atoms with Crippen molar-refractivity contribution >= 4 is 11.7 Å². The summed E-state index contributed by atoms with van der Waals surface area (Å²) in [4.78, 5) is 31.1. The summed E-state index contributed by atoms with van der Waals surface area (Å²) in [5.41, 5.74) is 1.85. The van der Waals surface area contributed by atoms with Gasteiger partial charge in [-0.3, -0.25) is 9.36 Å². The van der Waals surface area contributed by atoms with Gasteiger partial charge >= 0.3 is 0 Å². The smallest absolute Gasteiger partial charge is 0.237 e. The SMILES string of the molecule is Cc1cc(N2CCN(C)CC2CC(=O)NC(C)c2ccc3c(c2)OCCO3)nc(-n2ccnc2)n1. The third-order valence-electron chi connectivity index (χ3n) is 6.41. The molecule has 2 aromatic heterocycles. The quantitative estimate of drug-likeness (QED) is 0.577. The summed E-state index contributed by atoms with van der Waals surface area (Å²) in [6, 6.07) is 7.64. The minimum Gasteiger partial charge on any atom is -0.486 e. The van der Waals surface area contributed by atoms with Crippen LogP contribution in [0, 0.1) is 6.92 Å². The van der Waals surface area contributed by atoms with Crippen LogP contribution < -0.4 is 19.7 Å². The molecule has 4 heterocycles. The molecule has 1 saturated heterocycles. The number of carbonyl (C=O) groups is 1. The van der Waals surface area contributed by atoms with Crippen LogP contribution in [0.5, 0.6) is 11.5 Å². The van der Waals surface area contributed by atoms with Crippen LogP contribution in [0.4, 0.5) is 5.82 Å². The van der Waals surface area contributed by atoms with Gasteiger partial charge in [-0.05, 0) is 38.6 Å². The maximum atomic E-state index is 13.1. The Kier molecular flexibility index (Phi) is 6.54. The number of anilines is 1. The summed E-state index contributed by atoms with van der Waals surface area (Å²) in [5, 5.41) is 3.16. The molecule has 10 nitrogen and oxygen atoms in total. The van der Waals surface area contributed by atoms with E-state index in [1.165, 1.54) is 0 Å². The summed E-state index contributed by atoms with van der Waals surface area (Å²) in [5.74, 6) is 2.87. The van der Waals surface area contributed by atoms with Gasteiger partial charge < -0.3 is 24.6 Å². The van der Waals surface area contributed by atoms with Crippen LogP contribution >= 0.6 is 0 Å². The van der Waals surface area contributed by atoms with E-state index in [0.717, 1.165) is 48.2 Å². The molecule has 3 aromatic rings. The Morgan fingerprint density at radius 2 is 2.00 bits per heavy atom. The Hall–Kier alpha value is -3.66. The molecule has 10 heteroatoms. The number of aryl methyl sites for hydroxylation is 1. The molecule has 5 rings (SSSR count). The van der Waals surface area contributed by atoms with Gasteiger partial charge in [-0.15, -0.1) is 0 Å². The molecule has 2 aliphatic heterocycles. The van der Waals surface area contributed by atoms with E-state index in [0.29, 0.717) is 25.6 Å². The second-order valence-electron chi connectivity index (χ2n) is 9.14. The zero-order chi connectivity index (χ0) is 24.4. The third-order valence-corrected chi connectivity index (χ3v) is 6.41. The Balaban J connectivity index is 1.30. The van der Waals surface area contributed by atoms with Gasteiger partial charge in [0.15, 0.2) is 11.5 Å². The van der Waals surface area contributed by atoms with Crippen molar-refractivity contribution in [1.82, 2.24) is 29.7 Å². The van der Waals surface area contributed by atoms with E-state index in [-0.39, 0.29) is 18.0 Å². The highest BCUT2D eigenvalue weighted by Crippen LogP contribution is 2.32. The molecule has 2 atom stereocenters. The van der Waals surface area contributed by atoms with Crippen LogP contribution in [-0.4, -0.2) is 76.3 Å². The largest absolute Gasteiger partial charge is 0.486 e. The number of ether oxygens (including phenoxy) is 2. The summed E-state index contributed by atoms with van der Waals surface area (Å²) >= 11 is 0. The fraction of sp³-hybridized carbons (Fsp3) is 0.440. The van der Waals surface area contributed by atoms with Gasteiger partial charge in [0.05, 0.1) is 12.1 Å². The number of piperazine rings is 1. The number of fused-ring (bicyclic) bond motifs is 1. The van der Waals surface area contributed by atoms with E-state index in [4.69, 9.17) is 14.5 Å². The Labute approximate surface area is 204 Å². The first-order valence-corrected chi connectivity index (χ1v) is 11.9. The highest BCUT2D eigenvalue weighted by molar-refractivity contribution is 5.77. The fourth-order valence-corrected chi connectivity index (χ4v) is 4.59. The Bertz CT molecular complexity index is 1180. The maximum Gasteiger partial charge on any atom is 0.237 e. The molecule has 1 amide bonds. The Morgan fingerprint density at radius 1 is 1.17 bits per heavy atom. The third kappa shape index (κ3) is 5.22. The van der Waals surface area contributed by atoms with E-state index in [9.17, 15) is 4.79 Å². The lowest BCUT2D eigenvalue weighted by molar-refractivity contribution is -0.122. The van der Waals surface area contributed by atoms with Crippen molar-refractivity contribution in [2.75, 3.05) is 44.8 Å². The number of amides is 1. The van der Waals surface area contributed by atoms with Crippen LogP contribution in [0.15, 0.2) is 43.0 Å². The van der Waals surface area contributed by atoms with Crippen molar-refractivity contribution in [1.29, 1.82) is 0 Å². The molecular formula is C25H31N7O3. The zero-order valence-electron chi connectivity index (χ0n) is 20.3.